The number of carbonyl (C=O) groups is 1. The summed E-state index contributed by atoms with van der Waals surface area (Å²) >= 11 is 0. The van der Waals surface area contributed by atoms with Crippen LogP contribution in [0.25, 0.3) is 0 Å². The first kappa shape index (κ1) is 18.1. The summed E-state index contributed by atoms with van der Waals surface area (Å²) in [6.45, 7) is 7.94. The summed E-state index contributed by atoms with van der Waals surface area (Å²) in [5.74, 6) is 0.686. The number of benzene rings is 2. The highest BCUT2D eigenvalue weighted by Gasteiger charge is 2.25. The molecule has 0 heterocycles. The van der Waals surface area contributed by atoms with E-state index in [-0.39, 0.29) is 11.4 Å². The number of rotatable bonds is 7. The van der Waals surface area contributed by atoms with Crippen LogP contribution >= 0.6 is 0 Å². The normalized spacial score (nSPS) is 12.5. The van der Waals surface area contributed by atoms with E-state index in [0.29, 0.717) is 0 Å². The van der Waals surface area contributed by atoms with Crippen LogP contribution in [0.2, 0.25) is 0 Å². The van der Waals surface area contributed by atoms with Gasteiger partial charge in [-0.05, 0) is 50.8 Å². The number of amides is 1. The zero-order valence-corrected chi connectivity index (χ0v) is 15.0. The van der Waals surface area contributed by atoms with Crippen LogP contribution in [0, 0.1) is 0 Å². The first-order valence-electron chi connectivity index (χ1n) is 8.52. The topological polar surface area (TPSA) is 38.3 Å². The molecule has 0 spiro atoms. The molecule has 0 saturated heterocycles. The van der Waals surface area contributed by atoms with E-state index in [0.717, 1.165) is 24.2 Å². The van der Waals surface area contributed by atoms with Gasteiger partial charge in [0, 0.05) is 5.54 Å². The minimum absolute atomic E-state index is 0.0955. The van der Waals surface area contributed by atoms with Crippen molar-refractivity contribution in [1.82, 2.24) is 5.32 Å². The molecule has 2 aromatic rings. The predicted molar refractivity (Wildman–Crippen MR) is 98.3 cm³/mol. The van der Waals surface area contributed by atoms with Crippen molar-refractivity contribution in [3.8, 4) is 5.75 Å². The molecule has 24 heavy (non-hydrogen) atoms. The van der Waals surface area contributed by atoms with Crippen molar-refractivity contribution >= 4 is 5.91 Å². The molecule has 0 saturated carbocycles. The number of hydrogen-bond donors (Lipinski definition) is 1. The van der Waals surface area contributed by atoms with Crippen molar-refractivity contribution in [3.05, 3.63) is 65.7 Å². The molecule has 1 amide bonds. The highest BCUT2D eigenvalue weighted by atomic mass is 16.5. The molecule has 0 aliphatic carbocycles. The fraction of sp³-hybridized carbons (Fsp3) is 0.381. The van der Waals surface area contributed by atoms with Crippen molar-refractivity contribution in [2.24, 2.45) is 0 Å². The predicted octanol–water partition coefficient (Wildman–Crippen LogP) is 4.15. The fourth-order valence-corrected chi connectivity index (χ4v) is 2.74. The van der Waals surface area contributed by atoms with E-state index in [9.17, 15) is 4.79 Å². The van der Waals surface area contributed by atoms with E-state index in [1.165, 1.54) is 5.56 Å². The highest BCUT2D eigenvalue weighted by Crippen LogP contribution is 2.20. The van der Waals surface area contributed by atoms with Gasteiger partial charge in [-0.3, -0.25) is 4.79 Å². The van der Waals surface area contributed by atoms with Crippen LogP contribution in [0.4, 0.5) is 0 Å². The zero-order valence-electron chi connectivity index (χ0n) is 15.0. The van der Waals surface area contributed by atoms with Gasteiger partial charge in [-0.1, -0.05) is 55.5 Å². The molecule has 2 aromatic carbocycles. The Bertz CT molecular complexity index is 665. The van der Waals surface area contributed by atoms with Gasteiger partial charge in [0.1, 0.15) is 5.75 Å². The Kier molecular flexibility index (Phi) is 6.02. The van der Waals surface area contributed by atoms with Crippen molar-refractivity contribution in [2.75, 3.05) is 0 Å². The molecule has 2 rings (SSSR count). The van der Waals surface area contributed by atoms with Crippen molar-refractivity contribution in [3.63, 3.8) is 0 Å². The molecule has 3 heteroatoms. The van der Waals surface area contributed by atoms with Gasteiger partial charge in [-0.25, -0.2) is 0 Å². The van der Waals surface area contributed by atoms with E-state index in [2.05, 4.69) is 24.4 Å². The van der Waals surface area contributed by atoms with Crippen LogP contribution in [0.15, 0.2) is 54.6 Å². The maximum absolute atomic E-state index is 12.5. The van der Waals surface area contributed by atoms with Gasteiger partial charge >= 0.3 is 0 Å². The van der Waals surface area contributed by atoms with Crippen LogP contribution in [-0.2, 0) is 17.6 Å². The quantitative estimate of drug-likeness (QED) is 0.830. The maximum atomic E-state index is 12.5. The Balaban J connectivity index is 1.97. The van der Waals surface area contributed by atoms with Crippen LogP contribution < -0.4 is 10.1 Å². The molecular formula is C21H27NO2. The summed E-state index contributed by atoms with van der Waals surface area (Å²) in [5.41, 5.74) is 1.98. The largest absolute Gasteiger partial charge is 0.481 e. The summed E-state index contributed by atoms with van der Waals surface area (Å²) in [6, 6.07) is 18.0. The average molecular weight is 325 g/mol. The lowest BCUT2D eigenvalue weighted by molar-refractivity contribution is -0.128. The Morgan fingerprint density at radius 3 is 2.38 bits per heavy atom. The monoisotopic (exact) mass is 325 g/mol. The van der Waals surface area contributed by atoms with Crippen LogP contribution in [0.5, 0.6) is 5.75 Å². The van der Waals surface area contributed by atoms with Crippen molar-refractivity contribution < 1.29 is 9.53 Å². The second-order valence-electron chi connectivity index (χ2n) is 6.76. The molecule has 0 aliphatic rings. The molecule has 0 radical (unpaired) electrons. The lowest BCUT2D eigenvalue weighted by atomic mass is 9.94. The summed E-state index contributed by atoms with van der Waals surface area (Å²) < 4.78 is 5.88. The molecule has 1 atom stereocenters. The molecule has 0 unspecified atom stereocenters. The maximum Gasteiger partial charge on any atom is 0.261 e. The van der Waals surface area contributed by atoms with E-state index in [1.54, 1.807) is 6.92 Å². The average Bonchev–Trinajstić information content (AvgIpc) is 2.55. The van der Waals surface area contributed by atoms with Crippen molar-refractivity contribution in [1.29, 1.82) is 0 Å². The summed E-state index contributed by atoms with van der Waals surface area (Å²) in [4.78, 5) is 12.5. The summed E-state index contributed by atoms with van der Waals surface area (Å²) in [5, 5.41) is 3.10. The number of para-hydroxylation sites is 1. The third-order valence-corrected chi connectivity index (χ3v) is 3.98. The number of aryl methyl sites for hydroxylation is 1. The van der Waals surface area contributed by atoms with Crippen molar-refractivity contribution in [2.45, 2.75) is 52.2 Å². The number of ether oxygens (including phenoxy) is 1. The Morgan fingerprint density at radius 2 is 1.71 bits per heavy atom. The first-order valence-corrected chi connectivity index (χ1v) is 8.52. The molecule has 3 nitrogen and oxygen atoms in total. The third kappa shape index (κ3) is 5.12. The summed E-state index contributed by atoms with van der Waals surface area (Å²) in [6.07, 6.45) is 1.12. The first-order chi connectivity index (χ1) is 11.4. The zero-order chi connectivity index (χ0) is 17.6. The van der Waals surface area contributed by atoms with E-state index < -0.39 is 6.10 Å². The van der Waals surface area contributed by atoms with Gasteiger partial charge in [0.15, 0.2) is 6.10 Å². The summed E-state index contributed by atoms with van der Waals surface area (Å²) in [7, 11) is 0. The number of nitrogens with one attached hydrogen (secondary N) is 1. The van der Waals surface area contributed by atoms with Gasteiger partial charge in [0.25, 0.3) is 5.91 Å². The van der Waals surface area contributed by atoms with Crippen LogP contribution in [0.3, 0.4) is 0 Å². The van der Waals surface area contributed by atoms with Gasteiger partial charge in [0.05, 0.1) is 0 Å². The molecule has 1 N–H and O–H groups in total. The van der Waals surface area contributed by atoms with Gasteiger partial charge in [-0.2, -0.15) is 0 Å². The Hall–Kier alpha value is -2.29. The highest BCUT2D eigenvalue weighted by molar-refractivity contribution is 5.81. The minimum atomic E-state index is -0.534. The van der Waals surface area contributed by atoms with Gasteiger partial charge in [0.2, 0.25) is 0 Å². The third-order valence-electron chi connectivity index (χ3n) is 3.98. The molecular weight excluding hydrogens is 298 g/mol. The Morgan fingerprint density at radius 1 is 1.08 bits per heavy atom. The second-order valence-corrected chi connectivity index (χ2v) is 6.76. The van der Waals surface area contributed by atoms with E-state index in [4.69, 9.17) is 4.74 Å². The standard InChI is InChI=1S/C21H27NO2/c1-5-18-13-9-10-14-19(18)24-16(2)20(23)22-21(3,4)15-17-11-7-6-8-12-17/h6-14,16H,5,15H2,1-4H3,(H,22,23)/t16-/m1/s1. The minimum Gasteiger partial charge on any atom is -0.481 e. The molecule has 0 aromatic heterocycles. The van der Waals surface area contributed by atoms with Crippen LogP contribution in [-0.4, -0.2) is 17.6 Å². The Labute approximate surface area is 145 Å². The SMILES string of the molecule is CCc1ccccc1O[C@H](C)C(=O)NC(C)(C)Cc1ccccc1. The van der Waals surface area contributed by atoms with Crippen LogP contribution in [0.1, 0.15) is 38.8 Å². The number of carbonyl (C=O) groups excluding carboxylic acids is 1. The van der Waals surface area contributed by atoms with Gasteiger partial charge < -0.3 is 10.1 Å². The molecule has 0 bridgehead atoms. The van der Waals surface area contributed by atoms with E-state index >= 15 is 0 Å². The molecule has 0 aliphatic heterocycles. The van der Waals surface area contributed by atoms with Gasteiger partial charge in [-0.15, -0.1) is 0 Å². The molecule has 0 fully saturated rings. The smallest absolute Gasteiger partial charge is 0.261 e. The lowest BCUT2D eigenvalue weighted by Crippen LogP contribution is -2.49. The van der Waals surface area contributed by atoms with E-state index in [1.807, 2.05) is 56.3 Å². The number of hydrogen-bond acceptors (Lipinski definition) is 2. The fourth-order valence-electron chi connectivity index (χ4n) is 2.74. The second kappa shape index (κ2) is 8.00. The lowest BCUT2D eigenvalue weighted by Gasteiger charge is -2.28. The molecule has 128 valence electrons.